The highest BCUT2D eigenvalue weighted by Crippen LogP contribution is 2.29. The molecule has 1 aromatic rings. The molecule has 106 valence electrons. The Labute approximate surface area is 114 Å². The Balaban J connectivity index is 2.21. The van der Waals surface area contributed by atoms with Gasteiger partial charge >= 0.3 is 0 Å². The summed E-state index contributed by atoms with van der Waals surface area (Å²) in [5.74, 6) is 2.29. The summed E-state index contributed by atoms with van der Waals surface area (Å²) in [6.45, 7) is 6.15. The lowest BCUT2D eigenvalue weighted by Crippen LogP contribution is -2.36. The second-order valence-electron chi connectivity index (χ2n) is 5.11. The minimum Gasteiger partial charge on any atom is -0.394 e. The molecule has 6 nitrogen and oxygen atoms in total. The van der Waals surface area contributed by atoms with Crippen molar-refractivity contribution in [3.63, 3.8) is 0 Å². The van der Waals surface area contributed by atoms with E-state index in [0.29, 0.717) is 5.92 Å². The van der Waals surface area contributed by atoms with Crippen LogP contribution in [0.15, 0.2) is 6.07 Å². The van der Waals surface area contributed by atoms with Gasteiger partial charge < -0.3 is 21.1 Å². The summed E-state index contributed by atoms with van der Waals surface area (Å²) >= 11 is 0. The van der Waals surface area contributed by atoms with E-state index in [9.17, 15) is 5.11 Å². The molecule has 0 aromatic carbocycles. The lowest BCUT2D eigenvalue weighted by molar-refractivity contribution is 0.244. The van der Waals surface area contributed by atoms with E-state index in [1.165, 1.54) is 0 Å². The van der Waals surface area contributed by atoms with Crippen molar-refractivity contribution in [2.45, 2.75) is 32.7 Å². The average molecular weight is 265 g/mol. The molecule has 6 heteroatoms. The fourth-order valence-electron chi connectivity index (χ4n) is 2.51. The molecule has 1 saturated heterocycles. The molecule has 1 aliphatic rings. The first-order valence-electron chi connectivity index (χ1n) is 6.91. The van der Waals surface area contributed by atoms with Gasteiger partial charge in [0.25, 0.3) is 0 Å². The van der Waals surface area contributed by atoms with Gasteiger partial charge in [-0.3, -0.25) is 0 Å². The summed E-state index contributed by atoms with van der Waals surface area (Å²) < 4.78 is 0. The van der Waals surface area contributed by atoms with Gasteiger partial charge in [0, 0.05) is 19.2 Å². The first-order valence-corrected chi connectivity index (χ1v) is 6.91. The van der Waals surface area contributed by atoms with Crippen molar-refractivity contribution in [2.24, 2.45) is 5.92 Å². The molecule has 0 amide bonds. The minimum atomic E-state index is 0.119. The zero-order valence-corrected chi connectivity index (χ0v) is 11.6. The first kappa shape index (κ1) is 13.9. The van der Waals surface area contributed by atoms with Crippen molar-refractivity contribution in [1.82, 2.24) is 9.97 Å². The molecule has 2 rings (SSSR count). The minimum absolute atomic E-state index is 0.119. The zero-order valence-electron chi connectivity index (χ0n) is 11.6. The van der Waals surface area contributed by atoms with E-state index in [2.05, 4.69) is 34.0 Å². The standard InChI is InChI=1S/C13H23N5O/c1-3-5-15-11-7-12(17-13(14)16-11)18-6-4-9(2)10(18)8-19/h7,9-10,19H,3-6,8H2,1-2H3,(H3,14,15,16,17). The molecule has 0 saturated carbocycles. The molecule has 2 atom stereocenters. The van der Waals surface area contributed by atoms with Gasteiger partial charge in [-0.1, -0.05) is 13.8 Å². The molecule has 0 radical (unpaired) electrons. The SMILES string of the molecule is CCCNc1cc(N2CCC(C)C2CO)nc(N)n1. The third-order valence-corrected chi connectivity index (χ3v) is 3.65. The van der Waals surface area contributed by atoms with Gasteiger partial charge in [0.05, 0.1) is 12.6 Å². The Morgan fingerprint density at radius 2 is 2.32 bits per heavy atom. The fourth-order valence-corrected chi connectivity index (χ4v) is 2.51. The monoisotopic (exact) mass is 265 g/mol. The van der Waals surface area contributed by atoms with Crippen molar-refractivity contribution in [2.75, 3.05) is 35.6 Å². The number of nitrogens with one attached hydrogen (secondary N) is 1. The fraction of sp³-hybridized carbons (Fsp3) is 0.692. The van der Waals surface area contributed by atoms with E-state index in [1.54, 1.807) is 0 Å². The molecular weight excluding hydrogens is 242 g/mol. The van der Waals surface area contributed by atoms with E-state index in [-0.39, 0.29) is 18.6 Å². The van der Waals surface area contributed by atoms with Gasteiger partial charge in [0.2, 0.25) is 5.95 Å². The number of nitrogen functional groups attached to an aromatic ring is 1. The second kappa shape index (κ2) is 6.06. The predicted molar refractivity (Wildman–Crippen MR) is 77.2 cm³/mol. The first-order chi connectivity index (χ1) is 9.15. The van der Waals surface area contributed by atoms with Gasteiger partial charge in [0.15, 0.2) is 0 Å². The summed E-state index contributed by atoms with van der Waals surface area (Å²) in [4.78, 5) is 10.6. The molecule has 0 spiro atoms. The molecule has 1 fully saturated rings. The Morgan fingerprint density at radius 1 is 1.53 bits per heavy atom. The average Bonchev–Trinajstić information content (AvgIpc) is 2.76. The summed E-state index contributed by atoms with van der Waals surface area (Å²) in [5, 5.41) is 12.7. The van der Waals surface area contributed by atoms with Crippen LogP contribution in [0.1, 0.15) is 26.7 Å². The highest BCUT2D eigenvalue weighted by Gasteiger charge is 2.31. The molecule has 0 bridgehead atoms. The lowest BCUT2D eigenvalue weighted by Gasteiger charge is -2.26. The molecule has 0 aliphatic carbocycles. The molecule has 4 N–H and O–H groups in total. The van der Waals surface area contributed by atoms with Crippen LogP contribution in [0, 0.1) is 5.92 Å². The summed E-state index contributed by atoms with van der Waals surface area (Å²) in [6, 6.07) is 2.03. The maximum absolute atomic E-state index is 9.52. The van der Waals surface area contributed by atoms with Crippen molar-refractivity contribution in [3.8, 4) is 0 Å². The van der Waals surface area contributed by atoms with Crippen LogP contribution in [0.2, 0.25) is 0 Å². The maximum atomic E-state index is 9.52. The Bertz CT molecular complexity index is 425. The zero-order chi connectivity index (χ0) is 13.8. The third kappa shape index (κ3) is 3.07. The van der Waals surface area contributed by atoms with E-state index in [0.717, 1.165) is 37.6 Å². The number of rotatable bonds is 5. The number of nitrogens with two attached hydrogens (primary N) is 1. The highest BCUT2D eigenvalue weighted by molar-refractivity contribution is 5.53. The molecule has 2 heterocycles. The van der Waals surface area contributed by atoms with Gasteiger partial charge in [-0.15, -0.1) is 0 Å². The molecule has 1 aromatic heterocycles. The van der Waals surface area contributed by atoms with E-state index in [1.807, 2.05) is 6.07 Å². The molecule has 2 unspecified atom stereocenters. The summed E-state index contributed by atoms with van der Waals surface area (Å²) in [5.41, 5.74) is 5.77. The number of hydrogen-bond acceptors (Lipinski definition) is 6. The van der Waals surface area contributed by atoms with Crippen molar-refractivity contribution in [1.29, 1.82) is 0 Å². The summed E-state index contributed by atoms with van der Waals surface area (Å²) in [6.07, 6.45) is 2.09. The number of nitrogens with zero attached hydrogens (tertiary/aromatic N) is 3. The number of hydrogen-bond donors (Lipinski definition) is 3. The van der Waals surface area contributed by atoms with Crippen LogP contribution in [0.4, 0.5) is 17.6 Å². The molecular formula is C13H23N5O. The van der Waals surface area contributed by atoms with Crippen LogP contribution in [0.25, 0.3) is 0 Å². The topological polar surface area (TPSA) is 87.3 Å². The number of aromatic nitrogens is 2. The Morgan fingerprint density at radius 3 is 3.00 bits per heavy atom. The van der Waals surface area contributed by atoms with Crippen LogP contribution in [0.3, 0.4) is 0 Å². The predicted octanol–water partition coefficient (Wildman–Crippen LogP) is 1.09. The number of aliphatic hydroxyl groups is 1. The van der Waals surface area contributed by atoms with Gasteiger partial charge in [-0.25, -0.2) is 0 Å². The van der Waals surface area contributed by atoms with Gasteiger partial charge in [-0.2, -0.15) is 9.97 Å². The largest absolute Gasteiger partial charge is 0.394 e. The van der Waals surface area contributed by atoms with Crippen LogP contribution in [0.5, 0.6) is 0 Å². The quantitative estimate of drug-likeness (QED) is 0.738. The van der Waals surface area contributed by atoms with E-state index in [4.69, 9.17) is 5.73 Å². The van der Waals surface area contributed by atoms with E-state index < -0.39 is 0 Å². The van der Waals surface area contributed by atoms with Crippen LogP contribution >= 0.6 is 0 Å². The Hall–Kier alpha value is -1.56. The Kier molecular flexibility index (Phi) is 4.42. The van der Waals surface area contributed by atoms with Crippen molar-refractivity contribution >= 4 is 17.6 Å². The molecule has 1 aliphatic heterocycles. The van der Waals surface area contributed by atoms with Crippen molar-refractivity contribution < 1.29 is 5.11 Å². The van der Waals surface area contributed by atoms with Crippen LogP contribution in [-0.4, -0.2) is 40.8 Å². The number of aliphatic hydroxyl groups excluding tert-OH is 1. The normalized spacial score (nSPS) is 22.8. The smallest absolute Gasteiger partial charge is 0.223 e. The second-order valence-corrected chi connectivity index (χ2v) is 5.11. The van der Waals surface area contributed by atoms with Gasteiger partial charge in [0.1, 0.15) is 11.6 Å². The third-order valence-electron chi connectivity index (χ3n) is 3.65. The van der Waals surface area contributed by atoms with Crippen molar-refractivity contribution in [3.05, 3.63) is 6.07 Å². The maximum Gasteiger partial charge on any atom is 0.223 e. The highest BCUT2D eigenvalue weighted by atomic mass is 16.3. The number of anilines is 3. The lowest BCUT2D eigenvalue weighted by atomic mass is 10.0. The van der Waals surface area contributed by atoms with Crippen LogP contribution < -0.4 is 16.0 Å². The summed E-state index contributed by atoms with van der Waals surface area (Å²) in [7, 11) is 0. The molecule has 19 heavy (non-hydrogen) atoms. The van der Waals surface area contributed by atoms with Gasteiger partial charge in [-0.05, 0) is 18.8 Å². The van der Waals surface area contributed by atoms with Crippen LogP contribution in [-0.2, 0) is 0 Å². The van der Waals surface area contributed by atoms with E-state index >= 15 is 0 Å².